The second-order valence-corrected chi connectivity index (χ2v) is 8.27. The molecule has 1 saturated carbocycles. The van der Waals surface area contributed by atoms with Crippen molar-refractivity contribution in [1.82, 2.24) is 5.32 Å². The Kier molecular flexibility index (Phi) is 5.07. The predicted octanol–water partition coefficient (Wildman–Crippen LogP) is 3.43. The van der Waals surface area contributed by atoms with Gasteiger partial charge in [0.15, 0.2) is 11.5 Å². The van der Waals surface area contributed by atoms with Crippen LogP contribution in [0.2, 0.25) is 0 Å². The Hall–Kier alpha value is -3.02. The number of nitrogens with zero attached hydrogens (tertiary/aromatic N) is 1. The number of nitrogens with one attached hydrogen (secondary N) is 1. The van der Waals surface area contributed by atoms with Crippen molar-refractivity contribution >= 4 is 17.5 Å². The molecule has 0 radical (unpaired) electrons. The molecule has 6 heteroatoms. The van der Waals surface area contributed by atoms with Crippen LogP contribution < -0.4 is 19.7 Å². The number of anilines is 1. The summed E-state index contributed by atoms with van der Waals surface area (Å²) in [5.41, 5.74) is 3.18. The molecule has 0 spiro atoms. The van der Waals surface area contributed by atoms with Crippen molar-refractivity contribution in [3.63, 3.8) is 0 Å². The van der Waals surface area contributed by atoms with E-state index in [2.05, 4.69) is 11.4 Å². The van der Waals surface area contributed by atoms with Gasteiger partial charge in [-0.15, -0.1) is 0 Å². The third-order valence-electron chi connectivity index (χ3n) is 6.48. The topological polar surface area (TPSA) is 67.9 Å². The van der Waals surface area contributed by atoms with E-state index in [-0.39, 0.29) is 30.4 Å². The number of ether oxygens (including phenoxy) is 2. The van der Waals surface area contributed by atoms with Crippen LogP contribution in [0, 0.1) is 11.8 Å². The van der Waals surface area contributed by atoms with Gasteiger partial charge in [-0.2, -0.15) is 0 Å². The van der Waals surface area contributed by atoms with Crippen LogP contribution in [-0.4, -0.2) is 25.2 Å². The molecule has 0 aromatic heterocycles. The molecule has 2 amide bonds. The SMILES string of the molecule is O=C(NCc1ccc2c(c1)OCO2)C1CCCCC1C(=O)N1CCc2ccccc21. The quantitative estimate of drug-likeness (QED) is 0.845. The van der Waals surface area contributed by atoms with Crippen molar-refractivity contribution in [3.8, 4) is 11.5 Å². The lowest BCUT2D eigenvalue weighted by Gasteiger charge is -2.32. The highest BCUT2D eigenvalue weighted by Gasteiger charge is 2.39. The lowest BCUT2D eigenvalue weighted by atomic mass is 9.77. The van der Waals surface area contributed by atoms with Crippen molar-refractivity contribution in [2.45, 2.75) is 38.6 Å². The first-order chi connectivity index (χ1) is 14.7. The monoisotopic (exact) mass is 406 g/mol. The maximum Gasteiger partial charge on any atom is 0.231 e. The summed E-state index contributed by atoms with van der Waals surface area (Å²) in [7, 11) is 0. The van der Waals surface area contributed by atoms with Gasteiger partial charge in [-0.25, -0.2) is 0 Å². The molecule has 0 saturated heterocycles. The molecular weight excluding hydrogens is 380 g/mol. The first kappa shape index (κ1) is 19.0. The van der Waals surface area contributed by atoms with Crippen LogP contribution in [-0.2, 0) is 22.6 Å². The molecule has 156 valence electrons. The minimum Gasteiger partial charge on any atom is -0.454 e. The van der Waals surface area contributed by atoms with E-state index >= 15 is 0 Å². The number of hydrogen-bond donors (Lipinski definition) is 1. The number of rotatable bonds is 4. The molecule has 30 heavy (non-hydrogen) atoms. The molecule has 6 nitrogen and oxygen atoms in total. The molecule has 1 fully saturated rings. The van der Waals surface area contributed by atoms with Crippen molar-refractivity contribution in [2.24, 2.45) is 11.8 Å². The second-order valence-electron chi connectivity index (χ2n) is 8.27. The summed E-state index contributed by atoms with van der Waals surface area (Å²) in [6.07, 6.45) is 4.41. The van der Waals surface area contributed by atoms with Crippen LogP contribution in [0.5, 0.6) is 11.5 Å². The predicted molar refractivity (Wildman–Crippen MR) is 112 cm³/mol. The first-order valence-electron chi connectivity index (χ1n) is 10.8. The number of para-hydroxylation sites is 1. The number of fused-ring (bicyclic) bond motifs is 2. The van der Waals surface area contributed by atoms with Gasteiger partial charge in [0, 0.05) is 24.7 Å². The summed E-state index contributed by atoms with van der Waals surface area (Å²) in [6.45, 7) is 1.36. The van der Waals surface area contributed by atoms with Gasteiger partial charge in [-0.1, -0.05) is 37.1 Å². The summed E-state index contributed by atoms with van der Waals surface area (Å²) in [5.74, 6) is 0.991. The molecular formula is C24H26N2O4. The molecule has 0 bridgehead atoms. The van der Waals surface area contributed by atoms with Gasteiger partial charge in [0.05, 0.1) is 5.92 Å². The molecule has 5 rings (SSSR count). The lowest BCUT2D eigenvalue weighted by Crippen LogP contribution is -2.45. The normalized spacial score (nSPS) is 21.9. The van der Waals surface area contributed by atoms with Gasteiger partial charge in [0.2, 0.25) is 18.6 Å². The average molecular weight is 406 g/mol. The van der Waals surface area contributed by atoms with E-state index in [9.17, 15) is 9.59 Å². The van der Waals surface area contributed by atoms with Crippen molar-refractivity contribution < 1.29 is 19.1 Å². The molecule has 3 aliphatic rings. The van der Waals surface area contributed by atoms with Gasteiger partial charge in [-0.3, -0.25) is 9.59 Å². The summed E-state index contributed by atoms with van der Waals surface area (Å²) in [5, 5.41) is 3.05. The fourth-order valence-electron chi connectivity index (χ4n) is 4.88. The Morgan fingerprint density at radius 3 is 2.70 bits per heavy atom. The molecule has 2 aromatic carbocycles. The molecule has 2 atom stereocenters. The van der Waals surface area contributed by atoms with E-state index in [1.165, 1.54) is 5.56 Å². The Morgan fingerprint density at radius 1 is 1.00 bits per heavy atom. The Balaban J connectivity index is 1.27. The highest BCUT2D eigenvalue weighted by Crippen LogP contribution is 2.36. The van der Waals surface area contributed by atoms with E-state index in [0.29, 0.717) is 18.8 Å². The molecule has 2 aromatic rings. The van der Waals surface area contributed by atoms with E-state index in [1.807, 2.05) is 41.3 Å². The Labute approximate surface area is 176 Å². The number of carbonyl (C=O) groups excluding carboxylic acids is 2. The minimum atomic E-state index is -0.270. The summed E-state index contributed by atoms with van der Waals surface area (Å²) in [4.78, 5) is 28.3. The second kappa shape index (κ2) is 8.01. The molecule has 2 aliphatic heterocycles. The van der Waals surface area contributed by atoms with Crippen molar-refractivity contribution in [2.75, 3.05) is 18.2 Å². The van der Waals surface area contributed by atoms with Crippen LogP contribution in [0.1, 0.15) is 36.8 Å². The molecule has 1 N–H and O–H groups in total. The van der Waals surface area contributed by atoms with Crippen LogP contribution in [0.25, 0.3) is 0 Å². The van der Waals surface area contributed by atoms with Crippen molar-refractivity contribution in [1.29, 1.82) is 0 Å². The molecule has 1 aliphatic carbocycles. The van der Waals surface area contributed by atoms with Crippen LogP contribution in [0.15, 0.2) is 42.5 Å². The van der Waals surface area contributed by atoms with Gasteiger partial charge in [0.1, 0.15) is 0 Å². The Bertz CT molecular complexity index is 973. The minimum absolute atomic E-state index is 0.0294. The van der Waals surface area contributed by atoms with E-state index in [0.717, 1.165) is 49.1 Å². The van der Waals surface area contributed by atoms with Crippen LogP contribution >= 0.6 is 0 Å². The van der Waals surface area contributed by atoms with Gasteiger partial charge in [0.25, 0.3) is 0 Å². The Morgan fingerprint density at radius 2 is 1.80 bits per heavy atom. The maximum atomic E-state index is 13.4. The van der Waals surface area contributed by atoms with Crippen LogP contribution in [0.4, 0.5) is 5.69 Å². The largest absolute Gasteiger partial charge is 0.454 e. The van der Waals surface area contributed by atoms with Gasteiger partial charge >= 0.3 is 0 Å². The first-order valence-corrected chi connectivity index (χ1v) is 10.8. The lowest BCUT2D eigenvalue weighted by molar-refractivity contribution is -0.135. The highest BCUT2D eigenvalue weighted by molar-refractivity contribution is 5.99. The van der Waals surface area contributed by atoms with E-state index < -0.39 is 0 Å². The molecule has 2 heterocycles. The third kappa shape index (κ3) is 3.51. The van der Waals surface area contributed by atoms with E-state index in [4.69, 9.17) is 9.47 Å². The summed E-state index contributed by atoms with van der Waals surface area (Å²) >= 11 is 0. The van der Waals surface area contributed by atoms with Gasteiger partial charge < -0.3 is 19.7 Å². The zero-order valence-electron chi connectivity index (χ0n) is 16.9. The maximum absolute atomic E-state index is 13.4. The number of amides is 2. The summed E-state index contributed by atoms with van der Waals surface area (Å²) < 4.78 is 10.7. The summed E-state index contributed by atoms with van der Waals surface area (Å²) in [6, 6.07) is 13.8. The number of hydrogen-bond acceptors (Lipinski definition) is 4. The fraction of sp³-hybridized carbons (Fsp3) is 0.417. The third-order valence-corrected chi connectivity index (χ3v) is 6.48. The average Bonchev–Trinajstić information content (AvgIpc) is 3.43. The van der Waals surface area contributed by atoms with Crippen LogP contribution in [0.3, 0.4) is 0 Å². The molecule has 2 unspecified atom stereocenters. The zero-order chi connectivity index (χ0) is 20.5. The highest BCUT2D eigenvalue weighted by atomic mass is 16.7. The zero-order valence-corrected chi connectivity index (χ0v) is 16.9. The number of carbonyl (C=O) groups is 2. The van der Waals surface area contributed by atoms with E-state index in [1.54, 1.807) is 0 Å². The fourth-order valence-corrected chi connectivity index (χ4v) is 4.88. The number of benzene rings is 2. The van der Waals surface area contributed by atoms with Crippen molar-refractivity contribution in [3.05, 3.63) is 53.6 Å². The smallest absolute Gasteiger partial charge is 0.231 e. The standard InChI is InChI=1S/C24H26N2O4/c27-23(25-14-16-9-10-21-22(13-16)30-15-29-21)18-6-2-3-7-19(18)24(28)26-12-11-17-5-1-4-8-20(17)26/h1,4-5,8-10,13,18-19H,2-3,6-7,11-12,14-15H2,(H,25,27). The van der Waals surface area contributed by atoms with Gasteiger partial charge in [-0.05, 0) is 48.6 Å².